The summed E-state index contributed by atoms with van der Waals surface area (Å²) in [7, 11) is -9.82. The lowest BCUT2D eigenvalue weighted by atomic mass is 9.91. The van der Waals surface area contributed by atoms with E-state index in [0.717, 1.165) is 77.0 Å². The summed E-state index contributed by atoms with van der Waals surface area (Å²) in [6.07, 6.45) is 15.9. The Morgan fingerprint density at radius 2 is 0.833 bits per heavy atom. The van der Waals surface area contributed by atoms with E-state index in [2.05, 4.69) is 27.1 Å². The Morgan fingerprint density at radius 3 is 1.17 bits per heavy atom. The third-order valence-corrected chi connectivity index (χ3v) is 18.4. The number of hydrogen-bond donors (Lipinski definition) is 0. The van der Waals surface area contributed by atoms with Crippen LogP contribution in [0.3, 0.4) is 0 Å². The second-order valence-corrected chi connectivity index (χ2v) is 18.6. The largest absolute Gasteiger partial charge is 0.345 e. The topological polar surface area (TPSA) is 61.8 Å². The van der Waals surface area contributed by atoms with Gasteiger partial charge in [0.25, 0.3) is 0 Å². The minimum Gasteiger partial charge on any atom is -0.261 e. The first-order valence-corrected chi connectivity index (χ1v) is 17.3. The maximum atomic E-state index is 14.2. The average molecular weight is 478 g/mol. The molecule has 1 aliphatic heterocycles. The quantitative estimate of drug-likeness (QED) is 0.381. The van der Waals surface area contributed by atoms with Crippen molar-refractivity contribution in [1.82, 2.24) is 0 Å². The third kappa shape index (κ3) is 4.93. The predicted molar refractivity (Wildman–Crippen MR) is 127 cm³/mol. The first-order valence-electron chi connectivity index (χ1n) is 12.2. The summed E-state index contributed by atoms with van der Waals surface area (Å²) in [6.45, 7) is 6.76. The van der Waals surface area contributed by atoms with E-state index in [1.54, 1.807) is 0 Å². The SMILES string of the molecule is C=P1(C2CCC(C)CC2)OP(=O)(C2CCC(C)CC2)OP(=O)(C2CCC(C)CC2)O1. The highest BCUT2D eigenvalue weighted by atomic mass is 31.3. The molecule has 3 aliphatic carbocycles. The van der Waals surface area contributed by atoms with E-state index in [-0.39, 0.29) is 17.0 Å². The molecule has 0 spiro atoms. The van der Waals surface area contributed by atoms with Crippen LogP contribution in [-0.4, -0.2) is 23.3 Å². The molecule has 4 rings (SSSR count). The lowest BCUT2D eigenvalue weighted by Crippen LogP contribution is -2.28. The lowest BCUT2D eigenvalue weighted by Gasteiger charge is -2.47. The molecule has 1 heterocycles. The normalized spacial score (nSPS) is 53.3. The van der Waals surface area contributed by atoms with Crippen LogP contribution in [0.5, 0.6) is 0 Å². The van der Waals surface area contributed by atoms with Crippen molar-refractivity contribution in [2.75, 3.05) is 0 Å². The zero-order chi connectivity index (χ0) is 21.6. The van der Waals surface area contributed by atoms with E-state index in [4.69, 9.17) is 12.9 Å². The Bertz CT molecular complexity index is 626. The second-order valence-electron chi connectivity index (χ2n) is 10.8. The van der Waals surface area contributed by atoms with Crippen LogP contribution in [0.15, 0.2) is 0 Å². The molecule has 0 aromatic heterocycles. The standard InChI is InChI=1S/C22H41O5P3/c1-17-5-11-20(12-6-17)28(4)25-29(23,21-13-7-18(2)8-14-21)27-30(24,26-28)22-15-9-19(3)10-16-22/h17-22H,4-16H2,1-3H3. The van der Waals surface area contributed by atoms with Gasteiger partial charge in [0.15, 0.2) is 0 Å². The van der Waals surface area contributed by atoms with Crippen LogP contribution in [0.4, 0.5) is 0 Å². The Morgan fingerprint density at radius 1 is 0.533 bits per heavy atom. The molecule has 0 amide bonds. The molecule has 1 saturated heterocycles. The lowest BCUT2D eigenvalue weighted by molar-refractivity contribution is 0.254. The van der Waals surface area contributed by atoms with E-state index in [0.29, 0.717) is 17.8 Å². The van der Waals surface area contributed by atoms with E-state index in [1.165, 1.54) is 0 Å². The molecular weight excluding hydrogens is 437 g/mol. The Hall–Kier alpha value is 0.640. The fraction of sp³-hybridized carbons (Fsp3) is 0.955. The zero-order valence-electron chi connectivity index (χ0n) is 19.0. The van der Waals surface area contributed by atoms with Gasteiger partial charge in [-0.1, -0.05) is 27.1 Å². The minimum absolute atomic E-state index is 0.129. The smallest absolute Gasteiger partial charge is 0.261 e. The van der Waals surface area contributed by atoms with Crippen LogP contribution in [0.2, 0.25) is 0 Å². The summed E-state index contributed by atoms with van der Waals surface area (Å²) in [5, 5.41) is 0. The van der Waals surface area contributed by atoms with Gasteiger partial charge >= 0.3 is 15.2 Å². The van der Waals surface area contributed by atoms with Gasteiger partial charge in [-0.3, -0.25) is 17.8 Å². The Kier molecular flexibility index (Phi) is 7.23. The van der Waals surface area contributed by atoms with Crippen LogP contribution < -0.4 is 0 Å². The van der Waals surface area contributed by atoms with Gasteiger partial charge in [0.1, 0.15) is 7.34 Å². The van der Waals surface area contributed by atoms with Crippen LogP contribution in [0.1, 0.15) is 97.8 Å². The van der Waals surface area contributed by atoms with Crippen molar-refractivity contribution >= 4 is 28.8 Å². The highest BCUT2D eigenvalue weighted by molar-refractivity contribution is 7.84. The number of hydrogen-bond acceptors (Lipinski definition) is 5. The van der Waals surface area contributed by atoms with Crippen LogP contribution in [-0.2, 0) is 22.1 Å². The van der Waals surface area contributed by atoms with Gasteiger partial charge in [0.2, 0.25) is 0 Å². The van der Waals surface area contributed by atoms with Crippen molar-refractivity contribution in [3.63, 3.8) is 0 Å². The first-order chi connectivity index (χ1) is 14.1. The van der Waals surface area contributed by atoms with Crippen molar-refractivity contribution in [3.05, 3.63) is 0 Å². The van der Waals surface area contributed by atoms with Gasteiger partial charge in [-0.2, -0.15) is 0 Å². The van der Waals surface area contributed by atoms with Crippen molar-refractivity contribution in [2.45, 2.75) is 115 Å². The molecule has 2 unspecified atom stereocenters. The maximum absolute atomic E-state index is 14.2. The van der Waals surface area contributed by atoms with E-state index >= 15 is 0 Å². The Labute approximate surface area is 183 Å². The zero-order valence-corrected chi connectivity index (χ0v) is 21.7. The molecule has 8 heteroatoms. The predicted octanol–water partition coefficient (Wildman–Crippen LogP) is 8.45. The summed E-state index contributed by atoms with van der Waals surface area (Å²) in [5.41, 5.74) is -0.182. The summed E-state index contributed by atoms with van der Waals surface area (Å²) in [4.78, 5) is 0. The molecule has 0 bridgehead atoms. The summed E-state index contributed by atoms with van der Waals surface area (Å²) in [6, 6.07) is 0. The second kappa shape index (κ2) is 9.12. The summed E-state index contributed by atoms with van der Waals surface area (Å²) < 4.78 is 47.2. The summed E-state index contributed by atoms with van der Waals surface area (Å²) in [5.74, 6) is 1.96. The maximum Gasteiger partial charge on any atom is 0.345 e. The van der Waals surface area contributed by atoms with Gasteiger partial charge in [0, 0.05) is 5.66 Å². The van der Waals surface area contributed by atoms with Crippen molar-refractivity contribution in [3.8, 4) is 0 Å². The van der Waals surface area contributed by atoms with Gasteiger partial charge in [-0.25, -0.2) is 4.31 Å². The molecule has 0 aromatic rings. The highest BCUT2D eigenvalue weighted by Gasteiger charge is 2.57. The van der Waals surface area contributed by atoms with Gasteiger partial charge in [0.05, 0.1) is 11.3 Å². The monoisotopic (exact) mass is 478 g/mol. The molecule has 0 radical (unpaired) electrons. The third-order valence-electron chi connectivity index (χ3n) is 8.14. The molecular formula is C22H41O5P3. The van der Waals surface area contributed by atoms with Gasteiger partial charge < -0.3 is 0 Å². The van der Waals surface area contributed by atoms with Crippen molar-refractivity contribution in [1.29, 1.82) is 0 Å². The minimum atomic E-state index is -3.52. The van der Waals surface area contributed by atoms with E-state index in [1.807, 2.05) is 0 Å². The van der Waals surface area contributed by atoms with Crippen LogP contribution in [0.25, 0.3) is 0 Å². The molecule has 174 valence electrons. The van der Waals surface area contributed by atoms with Gasteiger partial charge in [-0.15, -0.1) is 0 Å². The molecule has 3 saturated carbocycles. The van der Waals surface area contributed by atoms with Crippen LogP contribution in [0, 0.1) is 17.8 Å². The molecule has 4 aliphatic rings. The molecule has 30 heavy (non-hydrogen) atoms. The van der Waals surface area contributed by atoms with Crippen molar-refractivity contribution < 1.29 is 22.1 Å². The highest BCUT2D eigenvalue weighted by Crippen LogP contribution is 2.87. The van der Waals surface area contributed by atoms with Gasteiger partial charge in [-0.05, 0) is 94.8 Å². The Balaban J connectivity index is 1.63. The number of rotatable bonds is 3. The average Bonchev–Trinajstić information content (AvgIpc) is 2.68. The molecule has 5 nitrogen and oxygen atoms in total. The molecule has 0 N–H and O–H groups in total. The molecule has 2 atom stereocenters. The first kappa shape index (κ1) is 23.8. The summed E-state index contributed by atoms with van der Waals surface area (Å²) >= 11 is 0. The van der Waals surface area contributed by atoms with E-state index < -0.39 is 22.5 Å². The van der Waals surface area contributed by atoms with Crippen molar-refractivity contribution in [2.24, 2.45) is 17.8 Å². The van der Waals surface area contributed by atoms with Crippen LogP contribution >= 0.6 is 22.5 Å². The van der Waals surface area contributed by atoms with E-state index in [9.17, 15) is 9.13 Å². The fourth-order valence-electron chi connectivity index (χ4n) is 5.74. The molecule has 4 fully saturated rings. The molecule has 0 aromatic carbocycles. The fourth-order valence-corrected chi connectivity index (χ4v) is 17.4.